The molecule has 1 amide bonds. The first-order valence-corrected chi connectivity index (χ1v) is 10.8. The summed E-state index contributed by atoms with van der Waals surface area (Å²) in [6, 6.07) is 20.8. The number of nitrogens with zero attached hydrogens (tertiary/aromatic N) is 2. The van der Waals surface area contributed by atoms with Gasteiger partial charge in [0.05, 0.1) is 23.4 Å². The molecule has 1 N–H and O–H groups in total. The normalized spacial score (nSPS) is 12.3. The highest BCUT2D eigenvalue weighted by molar-refractivity contribution is 5.82. The largest absolute Gasteiger partial charge is 0.484 e. The summed E-state index contributed by atoms with van der Waals surface area (Å²) in [6.45, 7) is 2.73. The van der Waals surface area contributed by atoms with Crippen LogP contribution in [-0.4, -0.2) is 34.3 Å². The van der Waals surface area contributed by atoms with Crippen molar-refractivity contribution in [2.24, 2.45) is 0 Å². The van der Waals surface area contributed by atoms with E-state index in [4.69, 9.17) is 9.47 Å². The lowest BCUT2D eigenvalue weighted by Crippen LogP contribution is -2.41. The zero-order valence-electron chi connectivity index (χ0n) is 18.8. The molecule has 182 valence electrons. The number of esters is 1. The predicted octanol–water partition coefficient (Wildman–Crippen LogP) is 4.99. The molecule has 0 saturated heterocycles. The summed E-state index contributed by atoms with van der Waals surface area (Å²) >= 11 is 0. The van der Waals surface area contributed by atoms with E-state index in [-0.39, 0.29) is 19.9 Å². The van der Waals surface area contributed by atoms with Gasteiger partial charge in [0.25, 0.3) is 5.91 Å². The molecule has 0 aliphatic carbocycles. The number of ether oxygens (including phenoxy) is 2. The fraction of sp³-hybridized carbons (Fsp3) is 0.222. The average Bonchev–Trinajstić information content (AvgIpc) is 3.25. The fourth-order valence-electron chi connectivity index (χ4n) is 3.66. The highest BCUT2D eigenvalue weighted by Gasteiger charge is 2.23. The molecule has 0 aliphatic rings. The number of carbonyl (C=O) groups is 2. The maximum absolute atomic E-state index is 13.3. The van der Waals surface area contributed by atoms with Crippen LogP contribution in [0.3, 0.4) is 0 Å². The molecule has 2 atom stereocenters. The number of amides is 1. The monoisotopic (exact) mass is 477 g/mol. The zero-order chi connectivity index (χ0) is 24.1. The van der Waals surface area contributed by atoms with Crippen LogP contribution in [0.1, 0.15) is 32.9 Å². The van der Waals surface area contributed by atoms with E-state index in [0.29, 0.717) is 5.75 Å². The first kappa shape index (κ1) is 25.4. The third-order valence-corrected chi connectivity index (χ3v) is 5.25. The molecule has 0 fully saturated rings. The van der Waals surface area contributed by atoms with Crippen LogP contribution in [0.4, 0.5) is 4.39 Å². The van der Waals surface area contributed by atoms with Crippen molar-refractivity contribution in [3.8, 4) is 11.4 Å². The molecule has 7 nitrogen and oxygen atoms in total. The van der Waals surface area contributed by atoms with Crippen LogP contribution in [0, 0.1) is 5.82 Å². The number of benzene rings is 3. The second kappa shape index (κ2) is 11.3. The van der Waals surface area contributed by atoms with Gasteiger partial charge in [-0.1, -0.05) is 37.8 Å². The lowest BCUT2D eigenvalue weighted by atomic mass is 10.0. The molecule has 8 heteroatoms. The van der Waals surface area contributed by atoms with Gasteiger partial charge < -0.3 is 14.8 Å². The third-order valence-electron chi connectivity index (χ3n) is 5.25. The summed E-state index contributed by atoms with van der Waals surface area (Å²) in [5.74, 6) is -0.644. The van der Waals surface area contributed by atoms with Crippen molar-refractivity contribution in [1.29, 1.82) is 0 Å². The Kier molecular flexibility index (Phi) is 8.20. The maximum atomic E-state index is 13.3. The van der Waals surface area contributed by atoms with Crippen LogP contribution >= 0.6 is 0 Å². The lowest BCUT2D eigenvalue weighted by Gasteiger charge is -2.26. The van der Waals surface area contributed by atoms with Gasteiger partial charge in [-0.2, -0.15) is 5.10 Å². The van der Waals surface area contributed by atoms with Crippen molar-refractivity contribution in [2.45, 2.75) is 33.4 Å². The van der Waals surface area contributed by atoms with Crippen molar-refractivity contribution in [2.75, 3.05) is 6.61 Å². The molecule has 0 saturated carbocycles. The van der Waals surface area contributed by atoms with E-state index in [1.54, 1.807) is 23.0 Å². The van der Waals surface area contributed by atoms with Gasteiger partial charge in [-0.25, -0.2) is 9.07 Å². The van der Waals surface area contributed by atoms with E-state index in [2.05, 4.69) is 10.4 Å². The Hall–Kier alpha value is -4.20. The summed E-state index contributed by atoms with van der Waals surface area (Å²) in [6.07, 6.45) is 1.22. The number of halogens is 1. The molecule has 0 aliphatic heterocycles. The lowest BCUT2D eigenvalue weighted by molar-refractivity contribution is -0.146. The summed E-state index contributed by atoms with van der Waals surface area (Å²) in [7, 11) is 0. The molecule has 1 heterocycles. The van der Waals surface area contributed by atoms with Crippen molar-refractivity contribution < 1.29 is 23.5 Å². The van der Waals surface area contributed by atoms with Gasteiger partial charge in [-0.3, -0.25) is 9.59 Å². The number of nitrogens with one attached hydrogen (secondary N) is 1. The number of carbonyl (C=O) groups excluding carboxylic acids is 2. The Morgan fingerprint density at radius 1 is 1.06 bits per heavy atom. The van der Waals surface area contributed by atoms with Crippen LogP contribution in [0.15, 0.2) is 79.0 Å². The molecule has 0 radical (unpaired) electrons. The van der Waals surface area contributed by atoms with Gasteiger partial charge in [-0.05, 0) is 55.0 Å². The number of hydrogen-bond donors (Lipinski definition) is 1. The highest BCUT2D eigenvalue weighted by Crippen LogP contribution is 2.29. The van der Waals surface area contributed by atoms with Gasteiger partial charge in [0, 0.05) is 12.3 Å². The Bertz CT molecular complexity index is 1290. The van der Waals surface area contributed by atoms with Gasteiger partial charge in [0.15, 0.2) is 6.61 Å². The van der Waals surface area contributed by atoms with E-state index in [1.165, 1.54) is 19.1 Å². The van der Waals surface area contributed by atoms with Gasteiger partial charge in [-0.15, -0.1) is 0 Å². The van der Waals surface area contributed by atoms with Crippen LogP contribution in [0.2, 0.25) is 0 Å². The third kappa shape index (κ3) is 6.23. The minimum Gasteiger partial charge on any atom is -0.484 e. The Balaban J connectivity index is 0.00000342. The Morgan fingerprint density at radius 3 is 2.46 bits per heavy atom. The number of hydrogen-bond acceptors (Lipinski definition) is 5. The van der Waals surface area contributed by atoms with Gasteiger partial charge in [0.1, 0.15) is 17.7 Å². The maximum Gasteiger partial charge on any atom is 0.303 e. The molecular formula is C27H28FN3O4. The molecular weight excluding hydrogens is 449 g/mol. The topological polar surface area (TPSA) is 82.5 Å². The highest BCUT2D eigenvalue weighted by atomic mass is 19.1. The van der Waals surface area contributed by atoms with E-state index in [1.807, 2.05) is 55.5 Å². The minimum absolute atomic E-state index is 0. The minimum atomic E-state index is -0.520. The summed E-state index contributed by atoms with van der Waals surface area (Å²) in [5.41, 5.74) is 2.47. The first-order valence-electron chi connectivity index (χ1n) is 10.8. The second-order valence-electron chi connectivity index (χ2n) is 7.84. The van der Waals surface area contributed by atoms with Crippen LogP contribution in [0.25, 0.3) is 16.6 Å². The molecule has 0 bridgehead atoms. The van der Waals surface area contributed by atoms with Crippen LogP contribution in [0.5, 0.6) is 5.75 Å². The molecule has 4 rings (SSSR count). The van der Waals surface area contributed by atoms with Crippen LogP contribution < -0.4 is 10.1 Å². The number of fused-ring (bicyclic) bond motifs is 1. The molecule has 4 aromatic rings. The summed E-state index contributed by atoms with van der Waals surface area (Å²) < 4.78 is 26.1. The van der Waals surface area contributed by atoms with Crippen molar-refractivity contribution in [3.05, 3.63) is 90.4 Å². The number of aromatic nitrogens is 2. The van der Waals surface area contributed by atoms with Gasteiger partial charge >= 0.3 is 5.97 Å². The summed E-state index contributed by atoms with van der Waals surface area (Å²) in [5, 5.41) is 8.10. The second-order valence-corrected chi connectivity index (χ2v) is 7.84. The molecule has 0 unspecified atom stereocenters. The smallest absolute Gasteiger partial charge is 0.303 e. The van der Waals surface area contributed by atoms with Crippen LogP contribution in [-0.2, 0) is 14.3 Å². The van der Waals surface area contributed by atoms with Crippen molar-refractivity contribution >= 4 is 22.8 Å². The van der Waals surface area contributed by atoms with Crippen molar-refractivity contribution in [3.63, 3.8) is 0 Å². The zero-order valence-corrected chi connectivity index (χ0v) is 18.8. The van der Waals surface area contributed by atoms with Gasteiger partial charge in [0.2, 0.25) is 0 Å². The average molecular weight is 478 g/mol. The van der Waals surface area contributed by atoms with E-state index >= 15 is 0 Å². The standard InChI is InChI=1S/C26H24FN3O4.CH4/c1-17(29-25(32)16-33-18(2)31)26(19-6-4-3-5-7-19)34-23-12-13-24-20(14-23)15-28-30(24)22-10-8-21(27)9-11-22;/h3-15,17,26H,16H2,1-2H3,(H,29,32);1H4/t17-,26-;/m0./s1. The fourth-order valence-corrected chi connectivity index (χ4v) is 3.66. The Labute approximate surface area is 203 Å². The molecule has 35 heavy (non-hydrogen) atoms. The van der Waals surface area contributed by atoms with E-state index < -0.39 is 24.0 Å². The van der Waals surface area contributed by atoms with E-state index in [9.17, 15) is 14.0 Å². The molecule has 0 spiro atoms. The predicted molar refractivity (Wildman–Crippen MR) is 132 cm³/mol. The Morgan fingerprint density at radius 2 is 1.77 bits per heavy atom. The molecule has 3 aromatic carbocycles. The molecule has 1 aromatic heterocycles. The quantitative estimate of drug-likeness (QED) is 0.362. The first-order chi connectivity index (χ1) is 16.4. The van der Waals surface area contributed by atoms with Crippen molar-refractivity contribution in [1.82, 2.24) is 15.1 Å². The summed E-state index contributed by atoms with van der Waals surface area (Å²) in [4.78, 5) is 23.2. The SMILES string of the molecule is C.CC(=O)OCC(=O)N[C@@H](C)[C@H](Oc1ccc2c(cnn2-c2ccc(F)cc2)c1)c1ccccc1. The van der Waals surface area contributed by atoms with E-state index in [0.717, 1.165) is 22.2 Å². The number of rotatable bonds is 8.